The van der Waals surface area contributed by atoms with E-state index in [1.807, 2.05) is 6.07 Å². The fraction of sp³-hybridized carbons (Fsp3) is 0.500. The second-order valence-corrected chi connectivity index (χ2v) is 8.38. The van der Waals surface area contributed by atoms with Gasteiger partial charge in [-0.2, -0.15) is 0 Å². The highest BCUT2D eigenvalue weighted by Gasteiger charge is 2.29. The van der Waals surface area contributed by atoms with E-state index in [2.05, 4.69) is 34.1 Å². The lowest BCUT2D eigenvalue weighted by Gasteiger charge is -2.41. The van der Waals surface area contributed by atoms with Gasteiger partial charge in [-0.15, -0.1) is 0 Å². The van der Waals surface area contributed by atoms with Crippen molar-refractivity contribution in [3.05, 3.63) is 47.0 Å². The van der Waals surface area contributed by atoms with Gasteiger partial charge in [0.2, 0.25) is 6.79 Å². The van der Waals surface area contributed by atoms with E-state index in [-0.39, 0.29) is 0 Å². The highest BCUT2D eigenvalue weighted by Crippen LogP contribution is 2.37. The molecule has 2 aromatic rings. The molecule has 1 atom stereocenters. The van der Waals surface area contributed by atoms with Crippen LogP contribution in [-0.4, -0.2) is 56.5 Å². The van der Waals surface area contributed by atoms with Crippen molar-refractivity contribution in [2.75, 3.05) is 40.6 Å². The molecule has 3 heterocycles. The van der Waals surface area contributed by atoms with Gasteiger partial charge in [-0.05, 0) is 55.1 Å². The third-order valence-electron chi connectivity index (χ3n) is 6.62. The number of piperidine rings is 1. The molecular formula is C24H30N2O4. The van der Waals surface area contributed by atoms with Crippen LogP contribution >= 0.6 is 0 Å². The Kier molecular flexibility index (Phi) is 5.44. The largest absolute Gasteiger partial charge is 0.493 e. The van der Waals surface area contributed by atoms with Crippen molar-refractivity contribution in [1.29, 1.82) is 0 Å². The van der Waals surface area contributed by atoms with Crippen LogP contribution in [0.25, 0.3) is 0 Å². The molecule has 3 aliphatic rings. The van der Waals surface area contributed by atoms with Crippen molar-refractivity contribution >= 4 is 0 Å². The van der Waals surface area contributed by atoms with Crippen molar-refractivity contribution < 1.29 is 18.9 Å². The third-order valence-corrected chi connectivity index (χ3v) is 6.62. The van der Waals surface area contributed by atoms with Gasteiger partial charge >= 0.3 is 0 Å². The maximum atomic E-state index is 5.71. The van der Waals surface area contributed by atoms with Crippen LogP contribution in [-0.2, 0) is 19.5 Å². The molecule has 0 aliphatic carbocycles. The number of rotatable bonds is 5. The van der Waals surface area contributed by atoms with E-state index >= 15 is 0 Å². The molecule has 0 amide bonds. The number of fused-ring (bicyclic) bond motifs is 2. The average molecular weight is 411 g/mol. The first-order valence-corrected chi connectivity index (χ1v) is 10.8. The Hall–Kier alpha value is -2.44. The normalized spacial score (nSPS) is 21.3. The number of hydrogen-bond donors (Lipinski definition) is 0. The zero-order chi connectivity index (χ0) is 20.5. The summed E-state index contributed by atoms with van der Waals surface area (Å²) in [6.45, 7) is 5.54. The van der Waals surface area contributed by atoms with Crippen LogP contribution in [0.2, 0.25) is 0 Å². The van der Waals surface area contributed by atoms with Crippen molar-refractivity contribution in [2.24, 2.45) is 0 Å². The van der Waals surface area contributed by atoms with E-state index in [4.69, 9.17) is 18.9 Å². The lowest BCUT2D eigenvalue weighted by Crippen LogP contribution is -2.49. The summed E-state index contributed by atoms with van der Waals surface area (Å²) in [5.41, 5.74) is 3.97. The minimum Gasteiger partial charge on any atom is -0.493 e. The number of ether oxygens (including phenoxy) is 4. The molecule has 0 radical (unpaired) electrons. The van der Waals surface area contributed by atoms with Crippen molar-refractivity contribution in [1.82, 2.24) is 9.80 Å². The number of hydrogen-bond acceptors (Lipinski definition) is 6. The van der Waals surface area contributed by atoms with Crippen LogP contribution in [0.5, 0.6) is 23.0 Å². The van der Waals surface area contributed by atoms with Crippen LogP contribution in [0.15, 0.2) is 30.3 Å². The van der Waals surface area contributed by atoms with Gasteiger partial charge < -0.3 is 18.9 Å². The first-order chi connectivity index (χ1) is 14.7. The van der Waals surface area contributed by atoms with Crippen LogP contribution in [0.3, 0.4) is 0 Å². The summed E-state index contributed by atoms with van der Waals surface area (Å²) >= 11 is 0. The summed E-state index contributed by atoms with van der Waals surface area (Å²) in [6, 6.07) is 11.1. The molecule has 1 fully saturated rings. The van der Waals surface area contributed by atoms with E-state index in [1.165, 1.54) is 29.5 Å². The predicted molar refractivity (Wildman–Crippen MR) is 115 cm³/mol. The van der Waals surface area contributed by atoms with E-state index < -0.39 is 0 Å². The fourth-order valence-corrected chi connectivity index (χ4v) is 5.05. The SMILES string of the molecule is COc1cc2c(cc1OC)CN(C1CCCN(Cc3cccc4c3OCO4)C1)CC2. The highest BCUT2D eigenvalue weighted by atomic mass is 16.7. The molecule has 2 aromatic carbocycles. The second-order valence-electron chi connectivity index (χ2n) is 8.38. The molecule has 1 saturated heterocycles. The molecule has 6 heteroatoms. The van der Waals surface area contributed by atoms with E-state index in [0.717, 1.165) is 62.1 Å². The van der Waals surface area contributed by atoms with Gasteiger partial charge in [-0.3, -0.25) is 9.80 Å². The molecule has 0 N–H and O–H groups in total. The number of methoxy groups -OCH3 is 2. The zero-order valence-corrected chi connectivity index (χ0v) is 17.9. The second kappa shape index (κ2) is 8.36. The first-order valence-electron chi connectivity index (χ1n) is 10.8. The average Bonchev–Trinajstić information content (AvgIpc) is 3.28. The molecule has 1 unspecified atom stereocenters. The lowest BCUT2D eigenvalue weighted by molar-refractivity contribution is 0.0831. The minimum absolute atomic E-state index is 0.330. The Labute approximate surface area is 178 Å². The number of benzene rings is 2. The maximum Gasteiger partial charge on any atom is 0.231 e. The third kappa shape index (κ3) is 3.70. The summed E-state index contributed by atoms with van der Waals surface area (Å²) < 4.78 is 22.3. The van der Waals surface area contributed by atoms with Gasteiger partial charge in [0.25, 0.3) is 0 Å². The van der Waals surface area contributed by atoms with Gasteiger partial charge in [-0.25, -0.2) is 0 Å². The van der Waals surface area contributed by atoms with E-state index in [9.17, 15) is 0 Å². The summed E-state index contributed by atoms with van der Waals surface area (Å²) in [5.74, 6) is 3.45. The number of likely N-dealkylation sites (tertiary alicyclic amines) is 1. The molecule has 5 rings (SSSR count). The van der Waals surface area contributed by atoms with E-state index in [0.29, 0.717) is 12.8 Å². The Balaban J connectivity index is 1.27. The van der Waals surface area contributed by atoms with Gasteiger partial charge in [0.1, 0.15) is 0 Å². The monoisotopic (exact) mass is 410 g/mol. The molecule has 0 bridgehead atoms. The number of para-hydroxylation sites is 1. The van der Waals surface area contributed by atoms with Crippen LogP contribution in [0.1, 0.15) is 29.5 Å². The predicted octanol–water partition coefficient (Wildman–Crippen LogP) is 3.46. The standard InChI is InChI=1S/C24H30N2O4/c1-27-22-11-17-8-10-26(14-19(17)12-23(22)28-2)20-6-4-9-25(15-20)13-18-5-3-7-21-24(18)30-16-29-21/h3,5,7,11-12,20H,4,6,8-10,13-16H2,1-2H3. The zero-order valence-electron chi connectivity index (χ0n) is 17.9. The lowest BCUT2D eigenvalue weighted by atomic mass is 9.95. The van der Waals surface area contributed by atoms with Gasteiger partial charge in [0.05, 0.1) is 14.2 Å². The quantitative estimate of drug-likeness (QED) is 0.752. The Morgan fingerprint density at radius 2 is 1.87 bits per heavy atom. The molecule has 0 aromatic heterocycles. The summed E-state index contributed by atoms with van der Waals surface area (Å²) in [4.78, 5) is 5.21. The Morgan fingerprint density at radius 3 is 2.70 bits per heavy atom. The number of nitrogens with zero attached hydrogens (tertiary/aromatic N) is 2. The Bertz CT molecular complexity index is 916. The highest BCUT2D eigenvalue weighted by molar-refractivity contribution is 5.49. The van der Waals surface area contributed by atoms with Crippen molar-refractivity contribution in [3.63, 3.8) is 0 Å². The minimum atomic E-state index is 0.330. The van der Waals surface area contributed by atoms with Crippen molar-refractivity contribution in [3.8, 4) is 23.0 Å². The van der Waals surface area contributed by atoms with Crippen LogP contribution in [0, 0.1) is 0 Å². The Morgan fingerprint density at radius 1 is 1.03 bits per heavy atom. The molecule has 160 valence electrons. The molecular weight excluding hydrogens is 380 g/mol. The summed E-state index contributed by atoms with van der Waals surface area (Å²) in [6.07, 6.45) is 3.54. The summed E-state index contributed by atoms with van der Waals surface area (Å²) in [5, 5.41) is 0. The van der Waals surface area contributed by atoms with Crippen LogP contribution < -0.4 is 18.9 Å². The molecule has 0 spiro atoms. The van der Waals surface area contributed by atoms with Crippen molar-refractivity contribution in [2.45, 2.75) is 38.4 Å². The summed E-state index contributed by atoms with van der Waals surface area (Å²) in [7, 11) is 3.41. The fourth-order valence-electron chi connectivity index (χ4n) is 5.05. The van der Waals surface area contributed by atoms with Crippen LogP contribution in [0.4, 0.5) is 0 Å². The molecule has 0 saturated carbocycles. The first kappa shape index (κ1) is 19.5. The van der Waals surface area contributed by atoms with E-state index in [1.54, 1.807) is 14.2 Å². The maximum absolute atomic E-state index is 5.71. The van der Waals surface area contributed by atoms with Gasteiger partial charge in [0, 0.05) is 37.8 Å². The topological polar surface area (TPSA) is 43.4 Å². The molecule has 3 aliphatic heterocycles. The molecule has 30 heavy (non-hydrogen) atoms. The molecule has 6 nitrogen and oxygen atoms in total. The van der Waals surface area contributed by atoms with Gasteiger partial charge in [-0.1, -0.05) is 12.1 Å². The smallest absolute Gasteiger partial charge is 0.231 e. The van der Waals surface area contributed by atoms with Gasteiger partial charge in [0.15, 0.2) is 23.0 Å².